The van der Waals surface area contributed by atoms with Crippen LogP contribution in [0.5, 0.6) is 0 Å². The number of hydrogen-bond acceptors (Lipinski definition) is 4. The van der Waals surface area contributed by atoms with Gasteiger partial charge in [-0.15, -0.1) is 0 Å². The average molecular weight is 202 g/mol. The van der Waals surface area contributed by atoms with Gasteiger partial charge in [-0.25, -0.2) is 0 Å². The lowest BCUT2D eigenvalue weighted by atomic mass is 9.97. The molecule has 1 aliphatic rings. The van der Waals surface area contributed by atoms with Gasteiger partial charge in [0.2, 0.25) is 0 Å². The zero-order valence-corrected chi connectivity index (χ0v) is 8.98. The summed E-state index contributed by atoms with van der Waals surface area (Å²) in [4.78, 5) is 2.28. The maximum Gasteiger partial charge on any atom is 0.0789 e. The maximum absolute atomic E-state index is 9.39. The molecule has 84 valence electrons. The van der Waals surface area contributed by atoms with Crippen molar-refractivity contribution in [2.45, 2.75) is 18.9 Å². The molecule has 4 heteroatoms. The largest absolute Gasteiger partial charge is 0.390 e. The molecule has 0 amide bonds. The second-order valence-electron chi connectivity index (χ2n) is 4.09. The highest BCUT2D eigenvalue weighted by atomic mass is 16.5. The number of hydrogen-bond donors (Lipinski definition) is 2. The average Bonchev–Trinajstić information content (AvgIpc) is 2.21. The molecule has 0 aromatic carbocycles. The summed E-state index contributed by atoms with van der Waals surface area (Å²) in [5.74, 6) is 0.700. The summed E-state index contributed by atoms with van der Waals surface area (Å²) in [6.07, 6.45) is 1.98. The quantitative estimate of drug-likeness (QED) is 0.640. The SMILES string of the molecule is COCC1CCN(CC(O)CN)CC1. The molecule has 1 saturated heterocycles. The molecule has 3 N–H and O–H groups in total. The molecule has 0 radical (unpaired) electrons. The Morgan fingerprint density at radius 3 is 2.64 bits per heavy atom. The third-order valence-electron chi connectivity index (χ3n) is 2.85. The van der Waals surface area contributed by atoms with Gasteiger partial charge in [-0.3, -0.25) is 0 Å². The highest BCUT2D eigenvalue weighted by Gasteiger charge is 2.20. The number of nitrogens with zero attached hydrogens (tertiary/aromatic N) is 1. The van der Waals surface area contributed by atoms with E-state index in [0.717, 1.165) is 26.2 Å². The van der Waals surface area contributed by atoms with Crippen molar-refractivity contribution in [3.63, 3.8) is 0 Å². The summed E-state index contributed by atoms with van der Waals surface area (Å²) >= 11 is 0. The monoisotopic (exact) mass is 202 g/mol. The summed E-state index contributed by atoms with van der Waals surface area (Å²) in [5.41, 5.74) is 5.37. The first-order chi connectivity index (χ1) is 6.76. The predicted molar refractivity (Wildman–Crippen MR) is 56.1 cm³/mol. The third kappa shape index (κ3) is 3.92. The topological polar surface area (TPSA) is 58.7 Å². The van der Waals surface area contributed by atoms with Crippen LogP contribution in [0, 0.1) is 5.92 Å². The van der Waals surface area contributed by atoms with E-state index in [1.54, 1.807) is 7.11 Å². The fourth-order valence-electron chi connectivity index (χ4n) is 1.94. The highest BCUT2D eigenvalue weighted by molar-refractivity contribution is 4.74. The van der Waals surface area contributed by atoms with Gasteiger partial charge in [-0.2, -0.15) is 0 Å². The van der Waals surface area contributed by atoms with E-state index >= 15 is 0 Å². The molecule has 1 atom stereocenters. The number of aliphatic hydroxyl groups excluding tert-OH is 1. The van der Waals surface area contributed by atoms with Crippen LogP contribution in [0.25, 0.3) is 0 Å². The molecule has 1 heterocycles. The highest BCUT2D eigenvalue weighted by Crippen LogP contribution is 2.17. The lowest BCUT2D eigenvalue weighted by Gasteiger charge is -2.32. The second-order valence-corrected chi connectivity index (χ2v) is 4.09. The smallest absolute Gasteiger partial charge is 0.0789 e. The number of ether oxygens (including phenoxy) is 1. The number of rotatable bonds is 5. The van der Waals surface area contributed by atoms with Gasteiger partial charge in [0.05, 0.1) is 6.10 Å². The molecule has 0 aliphatic carbocycles. The number of nitrogens with two attached hydrogens (primary N) is 1. The molecule has 0 aromatic rings. The van der Waals surface area contributed by atoms with Gasteiger partial charge in [0.1, 0.15) is 0 Å². The van der Waals surface area contributed by atoms with Crippen molar-refractivity contribution in [3.05, 3.63) is 0 Å². The first-order valence-electron chi connectivity index (χ1n) is 5.35. The summed E-state index contributed by atoms with van der Waals surface area (Å²) < 4.78 is 5.13. The van der Waals surface area contributed by atoms with E-state index in [1.807, 2.05) is 0 Å². The van der Waals surface area contributed by atoms with E-state index in [2.05, 4.69) is 4.90 Å². The minimum absolute atomic E-state index is 0.359. The van der Waals surface area contributed by atoms with Crippen LogP contribution in [-0.2, 0) is 4.74 Å². The Morgan fingerprint density at radius 1 is 1.50 bits per heavy atom. The first-order valence-corrected chi connectivity index (χ1v) is 5.35. The van der Waals surface area contributed by atoms with Gasteiger partial charge in [0.25, 0.3) is 0 Å². The van der Waals surface area contributed by atoms with Crippen molar-refractivity contribution in [2.24, 2.45) is 11.7 Å². The Balaban J connectivity index is 2.15. The Hall–Kier alpha value is -0.160. The van der Waals surface area contributed by atoms with Crippen LogP contribution < -0.4 is 5.73 Å². The lowest BCUT2D eigenvalue weighted by molar-refractivity contribution is 0.0687. The second kappa shape index (κ2) is 6.35. The number of piperidine rings is 1. The van der Waals surface area contributed by atoms with Crippen LogP contribution in [0.15, 0.2) is 0 Å². The van der Waals surface area contributed by atoms with Gasteiger partial charge >= 0.3 is 0 Å². The van der Waals surface area contributed by atoms with Crippen LogP contribution in [0.2, 0.25) is 0 Å². The van der Waals surface area contributed by atoms with Crippen molar-refractivity contribution in [1.29, 1.82) is 0 Å². The molecule has 1 unspecified atom stereocenters. The lowest BCUT2D eigenvalue weighted by Crippen LogP contribution is -2.41. The maximum atomic E-state index is 9.39. The minimum atomic E-state index is -0.367. The Bertz CT molecular complexity index is 147. The number of β-amino-alcohol motifs (C(OH)–C–C–N with tert-alkyl or cyclic N) is 1. The number of aliphatic hydroxyl groups is 1. The van der Waals surface area contributed by atoms with Crippen LogP contribution >= 0.6 is 0 Å². The van der Waals surface area contributed by atoms with E-state index in [4.69, 9.17) is 10.5 Å². The predicted octanol–water partition coefficient (Wildman–Crippen LogP) is -0.336. The summed E-state index contributed by atoms with van der Waals surface area (Å²) in [5, 5.41) is 9.39. The molecule has 1 aliphatic heterocycles. The normalized spacial score (nSPS) is 22.5. The van der Waals surface area contributed by atoms with Crippen molar-refractivity contribution < 1.29 is 9.84 Å². The fourth-order valence-corrected chi connectivity index (χ4v) is 1.94. The molecule has 1 rings (SSSR count). The van der Waals surface area contributed by atoms with Crippen molar-refractivity contribution >= 4 is 0 Å². The van der Waals surface area contributed by atoms with Crippen molar-refractivity contribution in [2.75, 3.05) is 39.9 Å². The summed E-state index contributed by atoms with van der Waals surface area (Å²) in [6, 6.07) is 0. The Morgan fingerprint density at radius 2 is 2.14 bits per heavy atom. The Kier molecular flexibility index (Phi) is 5.40. The molecule has 14 heavy (non-hydrogen) atoms. The van der Waals surface area contributed by atoms with Gasteiger partial charge in [-0.1, -0.05) is 0 Å². The minimum Gasteiger partial charge on any atom is -0.390 e. The number of likely N-dealkylation sites (tertiary alicyclic amines) is 1. The number of methoxy groups -OCH3 is 1. The van der Waals surface area contributed by atoms with Crippen molar-refractivity contribution in [3.8, 4) is 0 Å². The van der Waals surface area contributed by atoms with Crippen LogP contribution in [0.3, 0.4) is 0 Å². The zero-order valence-electron chi connectivity index (χ0n) is 8.98. The van der Waals surface area contributed by atoms with Gasteiger partial charge < -0.3 is 20.5 Å². The van der Waals surface area contributed by atoms with E-state index < -0.39 is 0 Å². The molecule has 0 saturated carbocycles. The molecule has 0 bridgehead atoms. The molecule has 4 nitrogen and oxygen atoms in total. The summed E-state index contributed by atoms with van der Waals surface area (Å²) in [6.45, 7) is 4.07. The summed E-state index contributed by atoms with van der Waals surface area (Å²) in [7, 11) is 1.75. The Labute approximate surface area is 86.0 Å². The fraction of sp³-hybridized carbons (Fsp3) is 1.00. The van der Waals surface area contributed by atoms with Gasteiger partial charge in [0.15, 0.2) is 0 Å². The van der Waals surface area contributed by atoms with E-state index in [1.165, 1.54) is 12.8 Å². The molecule has 0 spiro atoms. The van der Waals surface area contributed by atoms with Gasteiger partial charge in [-0.05, 0) is 31.8 Å². The van der Waals surface area contributed by atoms with Crippen LogP contribution in [0.4, 0.5) is 0 Å². The third-order valence-corrected chi connectivity index (χ3v) is 2.85. The molecule has 1 fully saturated rings. The van der Waals surface area contributed by atoms with E-state index in [-0.39, 0.29) is 6.10 Å². The van der Waals surface area contributed by atoms with Crippen LogP contribution in [-0.4, -0.2) is 56.0 Å². The standard InChI is InChI=1S/C10H22N2O2/c1-14-8-9-2-4-12(5-3-9)7-10(13)6-11/h9-10,13H,2-8,11H2,1H3. The van der Waals surface area contributed by atoms with E-state index in [0.29, 0.717) is 12.5 Å². The molecular formula is C10H22N2O2. The van der Waals surface area contributed by atoms with Gasteiger partial charge in [0, 0.05) is 26.8 Å². The molecule has 0 aromatic heterocycles. The van der Waals surface area contributed by atoms with Crippen LogP contribution in [0.1, 0.15) is 12.8 Å². The van der Waals surface area contributed by atoms with E-state index in [9.17, 15) is 5.11 Å². The molecular weight excluding hydrogens is 180 g/mol. The zero-order chi connectivity index (χ0) is 10.4. The first kappa shape index (κ1) is 11.9. The van der Waals surface area contributed by atoms with Crippen molar-refractivity contribution in [1.82, 2.24) is 4.90 Å².